The van der Waals surface area contributed by atoms with E-state index in [9.17, 15) is 14.4 Å². The Morgan fingerprint density at radius 2 is 0.856 bits per heavy atom. The van der Waals surface area contributed by atoms with Gasteiger partial charge in [0.2, 0.25) is 0 Å². The molecule has 15 heteroatoms. The molecule has 0 bridgehead atoms. The molecule has 13 aromatic rings. The summed E-state index contributed by atoms with van der Waals surface area (Å²) in [6, 6.07) is 89.4. The van der Waals surface area contributed by atoms with Gasteiger partial charge in [-0.2, -0.15) is 0 Å². The van der Waals surface area contributed by atoms with Crippen LogP contribution in [0.1, 0.15) is 127 Å². The molecule has 0 spiro atoms. The molecule has 13 aromatic carbocycles. The highest BCUT2D eigenvalue weighted by Crippen LogP contribution is 2.56. The van der Waals surface area contributed by atoms with E-state index in [2.05, 4.69) is 374 Å². The number of anilines is 8. The van der Waals surface area contributed by atoms with Crippen molar-refractivity contribution in [1.29, 1.82) is 0 Å². The number of rotatable bonds is 11. The molecule has 0 radical (unpaired) electrons. The second kappa shape index (κ2) is 34.0. The number of hydrogen-bond acceptors (Lipinski definition) is 11. The van der Waals surface area contributed by atoms with Crippen LogP contribution in [0.3, 0.4) is 0 Å². The molecule has 11 nitrogen and oxygen atoms in total. The standard InChI is InChI=1S/C31H27BrN2O.C28H29BrN2O.C25H23BrN2O.C19H19BrN2/c1-34(2)27-15-13-21(17-25(27)32)31-30-24(16-22(18-28(30)35)19-8-4-3-5-9-19)29-23-11-7-6-10-20(23)12-14-26(29)33-31;1-28(2)15-20-25-19-9-7-6-8-17(19)10-13-23(25)31(5)27(26(20)24(32)16-28)18-11-12-22(30(3)4)21(29)14-18;1-28(2)21-13-11-16(14-19(21)26)25-24-18(8-5-9-22(24)29)23-17-7-4-3-6-15(17)10-12-20(23)27-25;1-22(2)19-10-7-14(11-18(19)20)13-21-17-9-8-15-5-3-4-6-16(15)12-17/h3-15,17,22,31,33H,16,18H2,1-2H3;6-14,27H,15-16H2,1-5H3;3-4,6-7,10-14,25,27H,5,8-9H2,1-2H3;3-12,21H,13H2,1-2H3. The lowest BCUT2D eigenvalue weighted by molar-refractivity contribution is -0.118. The number of nitrogens with one attached hydrogen (secondary N) is 3. The van der Waals surface area contributed by atoms with Gasteiger partial charge in [-0.25, -0.2) is 0 Å². The molecule has 3 aliphatic heterocycles. The number of likely N-dealkylation sites (N-methyl/N-ethyl adjacent to an activating group) is 1. The van der Waals surface area contributed by atoms with Crippen LogP contribution in [0.5, 0.6) is 0 Å². The topological polar surface area (TPSA) is 104 Å². The number of carbonyl (C=O) groups is 3. The second-order valence-corrected chi connectivity index (χ2v) is 36.9. The molecule has 0 fully saturated rings. The fourth-order valence-corrected chi connectivity index (χ4v) is 21.5. The van der Waals surface area contributed by atoms with E-state index in [-0.39, 0.29) is 46.8 Å². The van der Waals surface area contributed by atoms with Gasteiger partial charge < -0.3 is 40.4 Å². The number of benzene rings is 13. The summed E-state index contributed by atoms with van der Waals surface area (Å²) >= 11 is 14.9. The van der Waals surface area contributed by atoms with E-state index in [0.29, 0.717) is 19.3 Å². The summed E-state index contributed by atoms with van der Waals surface area (Å²) in [6.45, 7) is 5.25. The molecular formula is C103H98Br4N8O3. The Kier molecular flexibility index (Phi) is 23.4. The first kappa shape index (κ1) is 81.2. The minimum absolute atomic E-state index is 0.0417. The molecule has 0 aromatic heterocycles. The molecule has 6 aliphatic rings. The van der Waals surface area contributed by atoms with Gasteiger partial charge >= 0.3 is 0 Å². The summed E-state index contributed by atoms with van der Waals surface area (Å²) in [4.78, 5) is 51.3. The summed E-state index contributed by atoms with van der Waals surface area (Å²) in [5.74, 6) is 0.981. The third-order valence-corrected chi connectivity index (χ3v) is 26.7. The Morgan fingerprint density at radius 3 is 1.40 bits per heavy atom. The monoisotopic (exact) mass is 1810 g/mol. The quantitative estimate of drug-likeness (QED) is 0.115. The van der Waals surface area contributed by atoms with E-state index < -0.39 is 0 Å². The Hall–Kier alpha value is -10.6. The molecular weight excluding hydrogens is 1720 g/mol. The Morgan fingerprint density at radius 1 is 0.398 bits per heavy atom. The summed E-state index contributed by atoms with van der Waals surface area (Å²) in [7, 11) is 18.5. The van der Waals surface area contributed by atoms with Gasteiger partial charge in [-0.1, -0.05) is 190 Å². The number of fused-ring (bicyclic) bond motifs is 13. The highest BCUT2D eigenvalue weighted by atomic mass is 79.9. The van der Waals surface area contributed by atoms with Crippen LogP contribution in [-0.2, 0) is 20.9 Å². The lowest BCUT2D eigenvalue weighted by Gasteiger charge is -2.44. The van der Waals surface area contributed by atoms with Crippen LogP contribution >= 0.6 is 63.7 Å². The van der Waals surface area contributed by atoms with Crippen molar-refractivity contribution in [3.8, 4) is 0 Å². The van der Waals surface area contributed by atoms with Gasteiger partial charge in [0.05, 0.1) is 40.9 Å². The van der Waals surface area contributed by atoms with Gasteiger partial charge in [-0.15, -0.1) is 0 Å². The molecule has 4 unspecified atom stereocenters. The van der Waals surface area contributed by atoms with E-state index in [0.717, 1.165) is 118 Å². The van der Waals surface area contributed by atoms with Crippen LogP contribution in [0.15, 0.2) is 289 Å². The Labute approximate surface area is 727 Å². The van der Waals surface area contributed by atoms with Crippen LogP contribution < -0.4 is 40.4 Å². The van der Waals surface area contributed by atoms with Crippen LogP contribution in [-0.4, -0.2) is 80.8 Å². The van der Waals surface area contributed by atoms with E-state index in [4.69, 9.17) is 0 Å². The number of hydrogen-bond donors (Lipinski definition) is 3. The van der Waals surface area contributed by atoms with E-state index in [1.807, 2.05) is 62.4 Å². The highest BCUT2D eigenvalue weighted by molar-refractivity contribution is 9.11. The van der Waals surface area contributed by atoms with Crippen molar-refractivity contribution in [2.24, 2.45) is 5.41 Å². The van der Waals surface area contributed by atoms with Crippen LogP contribution in [0, 0.1) is 5.41 Å². The number of nitrogens with zero attached hydrogens (tertiary/aromatic N) is 5. The van der Waals surface area contributed by atoms with E-state index in [1.165, 1.54) is 99.0 Å². The maximum atomic E-state index is 13.9. The van der Waals surface area contributed by atoms with E-state index in [1.54, 1.807) is 0 Å². The van der Waals surface area contributed by atoms with Crippen LogP contribution in [0.25, 0.3) is 59.8 Å². The molecule has 4 atom stereocenters. The third-order valence-electron chi connectivity index (χ3n) is 24.1. The first-order chi connectivity index (χ1) is 56.9. The molecule has 0 saturated carbocycles. The Balaban J connectivity index is 0.000000119. The minimum atomic E-state index is -0.171. The van der Waals surface area contributed by atoms with Gasteiger partial charge in [0.15, 0.2) is 17.3 Å². The lowest BCUT2D eigenvalue weighted by Crippen LogP contribution is -2.38. The zero-order valence-corrected chi connectivity index (χ0v) is 75.0. The molecule has 118 heavy (non-hydrogen) atoms. The van der Waals surface area contributed by atoms with Gasteiger partial charge in [-0.3, -0.25) is 14.4 Å². The normalized spacial score (nSPS) is 17.6. The van der Waals surface area contributed by atoms with Crippen molar-refractivity contribution in [1.82, 2.24) is 0 Å². The summed E-state index contributed by atoms with van der Waals surface area (Å²) in [6.07, 6.45) is 5.42. The summed E-state index contributed by atoms with van der Waals surface area (Å²) in [5.41, 5.74) is 25.1. The summed E-state index contributed by atoms with van der Waals surface area (Å²) in [5, 5.41) is 20.8. The van der Waals surface area contributed by atoms with Crippen LogP contribution in [0.4, 0.5) is 45.5 Å². The van der Waals surface area contributed by atoms with Crippen molar-refractivity contribution in [2.45, 2.75) is 89.4 Å². The number of ketones is 3. The molecule has 0 amide bonds. The largest absolute Gasteiger partial charge is 0.381 e. The zero-order chi connectivity index (χ0) is 82.5. The van der Waals surface area contributed by atoms with E-state index >= 15 is 0 Å². The molecule has 3 aliphatic carbocycles. The fourth-order valence-electron chi connectivity index (χ4n) is 18.5. The number of Topliss-reactive ketones (excluding diaryl/α,β-unsaturated/α-hetero) is 3. The van der Waals surface area contributed by atoms with Crippen molar-refractivity contribution >= 4 is 186 Å². The second-order valence-electron chi connectivity index (χ2n) is 33.5. The average Bonchev–Trinajstić information content (AvgIpc) is 0.725. The molecule has 3 heterocycles. The lowest BCUT2D eigenvalue weighted by atomic mass is 9.67. The van der Waals surface area contributed by atoms with Crippen LogP contribution in [0.2, 0.25) is 0 Å². The van der Waals surface area contributed by atoms with Crippen molar-refractivity contribution < 1.29 is 14.4 Å². The Bertz CT molecular complexity index is 6240. The molecule has 0 saturated heterocycles. The fraction of sp³-hybridized carbons (Fsp3) is 0.233. The molecule has 596 valence electrons. The maximum Gasteiger partial charge on any atom is 0.162 e. The first-order valence-corrected chi connectivity index (χ1v) is 43.8. The first-order valence-electron chi connectivity index (χ1n) is 40.6. The number of carbonyl (C=O) groups excluding carboxylic acids is 3. The maximum absolute atomic E-state index is 13.9. The molecule has 3 N–H and O–H groups in total. The zero-order valence-electron chi connectivity index (χ0n) is 68.7. The third kappa shape index (κ3) is 16.2. The highest BCUT2D eigenvalue weighted by Gasteiger charge is 2.44. The average molecular weight is 1820 g/mol. The minimum Gasteiger partial charge on any atom is -0.381 e. The summed E-state index contributed by atoms with van der Waals surface area (Å²) < 4.78 is 4.23. The van der Waals surface area contributed by atoms with Gasteiger partial charge in [0.1, 0.15) is 0 Å². The predicted octanol–water partition coefficient (Wildman–Crippen LogP) is 26.4. The predicted molar refractivity (Wildman–Crippen MR) is 512 cm³/mol. The number of halogens is 4. The molecule has 19 rings (SSSR count). The van der Waals surface area contributed by atoms with Crippen molar-refractivity contribution in [2.75, 3.05) is 104 Å². The number of allylic oxidation sites excluding steroid dienone is 3. The van der Waals surface area contributed by atoms with Crippen molar-refractivity contribution in [3.05, 3.63) is 334 Å². The van der Waals surface area contributed by atoms with Gasteiger partial charge in [0.25, 0.3) is 0 Å². The van der Waals surface area contributed by atoms with Crippen molar-refractivity contribution in [3.63, 3.8) is 0 Å². The van der Waals surface area contributed by atoms with Gasteiger partial charge in [-0.05, 0) is 267 Å². The smallest absolute Gasteiger partial charge is 0.162 e. The SMILES string of the molecule is CN(C)c1ccc(C2C3=C(CC(C)(C)CC3=O)c3c(ccc4ccccc34)N2C)cc1Br.CN(C)c1ccc(C2Nc3ccc4ccccc4c3C3=C2C(=O)CC(c2ccccc2)C3)cc1Br.CN(C)c1ccc(C2Nc3ccc4ccccc4c3C3=C2C(=O)CCC3)cc1Br.CN(C)c1ccc(CNc2ccc3ccccc3c2)cc1Br. The van der Waals surface area contributed by atoms with Gasteiger partial charge in [0, 0.05) is 163 Å².